The molecule has 13 nitrogen and oxygen atoms in total. The molecule has 2 aromatic carbocycles. The molecule has 0 aliphatic heterocycles. The van der Waals surface area contributed by atoms with E-state index in [0.717, 1.165) is 42.4 Å². The van der Waals surface area contributed by atoms with Gasteiger partial charge in [0.1, 0.15) is 17.4 Å². The van der Waals surface area contributed by atoms with Gasteiger partial charge in [-0.25, -0.2) is 9.18 Å². The molecule has 0 bridgehead atoms. The van der Waals surface area contributed by atoms with E-state index in [9.17, 15) is 36.5 Å². The average Bonchev–Trinajstić information content (AvgIpc) is 3.34. The number of hydrogen-bond acceptors (Lipinski definition) is 8. The number of carboxylic acid groups (broad SMARTS) is 1. The first-order valence-corrected chi connectivity index (χ1v) is 19.3. The minimum Gasteiger partial charge on any atom is -0.480 e. The number of alkyl halides is 4. The van der Waals surface area contributed by atoms with Crippen molar-refractivity contribution in [2.45, 2.75) is 59.4 Å². The largest absolute Gasteiger partial charge is 0.480 e. The van der Waals surface area contributed by atoms with E-state index in [1.165, 1.54) is 0 Å². The Hall–Kier alpha value is -3.09. The summed E-state index contributed by atoms with van der Waals surface area (Å²) in [6, 6.07) is 7.90. The Balaban J connectivity index is 0.000000444. The second kappa shape index (κ2) is 21.9. The summed E-state index contributed by atoms with van der Waals surface area (Å²) in [5.41, 5.74) is 1.35. The molecule has 1 unspecified atom stereocenters. The maximum absolute atomic E-state index is 14.3. The van der Waals surface area contributed by atoms with Crippen molar-refractivity contribution in [2.75, 3.05) is 37.3 Å². The molecule has 1 aromatic heterocycles. The van der Waals surface area contributed by atoms with Gasteiger partial charge >= 0.3 is 25.7 Å². The summed E-state index contributed by atoms with van der Waals surface area (Å²) in [6.07, 6.45) is -4.86. The zero-order chi connectivity index (χ0) is 41.7. The topological polar surface area (TPSA) is 181 Å². The molecule has 302 valence electrons. The van der Waals surface area contributed by atoms with Crippen LogP contribution in [0.4, 0.5) is 23.2 Å². The third kappa shape index (κ3) is 14.9. The first-order chi connectivity index (χ1) is 24.9. The van der Waals surface area contributed by atoms with Crippen LogP contribution in [-0.4, -0.2) is 87.1 Å². The van der Waals surface area contributed by atoms with Crippen molar-refractivity contribution in [3.63, 3.8) is 0 Å². The number of amides is 1. The van der Waals surface area contributed by atoms with Gasteiger partial charge in [0.05, 0.1) is 52.3 Å². The number of ether oxygens (including phenoxy) is 2. The van der Waals surface area contributed by atoms with E-state index in [0.29, 0.717) is 11.3 Å². The highest BCUT2D eigenvalue weighted by Crippen LogP contribution is 2.41. The maximum atomic E-state index is 14.3. The van der Waals surface area contributed by atoms with Crippen LogP contribution in [-0.2, 0) is 43.3 Å². The third-order valence-corrected chi connectivity index (χ3v) is 8.83. The van der Waals surface area contributed by atoms with Crippen molar-refractivity contribution < 1.29 is 60.9 Å². The minimum atomic E-state index is -4.69. The van der Waals surface area contributed by atoms with E-state index in [-0.39, 0.29) is 39.7 Å². The lowest BCUT2D eigenvalue weighted by molar-refractivity contribution is -0.144. The first-order valence-electron chi connectivity index (χ1n) is 15.8. The van der Waals surface area contributed by atoms with Crippen LogP contribution >= 0.6 is 46.7 Å². The van der Waals surface area contributed by atoms with Crippen LogP contribution in [0, 0.1) is 12.7 Å². The Bertz CT molecular complexity index is 1810. The van der Waals surface area contributed by atoms with Crippen LogP contribution in [0.5, 0.6) is 0 Å². The van der Waals surface area contributed by atoms with Crippen LogP contribution < -0.4 is 10.2 Å². The number of esters is 1. The summed E-state index contributed by atoms with van der Waals surface area (Å²) in [6.45, 7) is 9.35. The molecule has 0 radical (unpaired) electrons. The molecule has 1 atom stereocenters. The predicted molar refractivity (Wildman–Crippen MR) is 200 cm³/mol. The van der Waals surface area contributed by atoms with Crippen molar-refractivity contribution in [3.8, 4) is 11.3 Å². The Labute approximate surface area is 328 Å². The molecule has 4 N–H and O–H groups in total. The summed E-state index contributed by atoms with van der Waals surface area (Å²) in [5, 5.41) is 13.6. The summed E-state index contributed by atoms with van der Waals surface area (Å²) >= 11 is 14.4. The molecule has 54 heavy (non-hydrogen) atoms. The number of carbonyl (C=O) groups excluding carboxylic acids is 2. The van der Waals surface area contributed by atoms with Crippen molar-refractivity contribution in [1.82, 2.24) is 15.1 Å². The SMILES string of the molecule is CC(C)OC(=O)c1cc(-c2nn(C)c(C(F)(F)F)c2Br)c(F)cc1Cl.CCc1cccc(C)c1N(C(=O)CCl)C(C)COC.O=C(O)CNCP(=O)(O)O. The van der Waals surface area contributed by atoms with Gasteiger partial charge in [-0.1, -0.05) is 36.7 Å². The number of aryl methyl sites for hydroxylation is 3. The van der Waals surface area contributed by atoms with Crippen LogP contribution in [0.15, 0.2) is 34.8 Å². The van der Waals surface area contributed by atoms with E-state index in [1.807, 2.05) is 26.0 Å². The van der Waals surface area contributed by atoms with Gasteiger partial charge in [0.25, 0.3) is 0 Å². The lowest BCUT2D eigenvalue weighted by Crippen LogP contribution is -2.43. The molecular formula is C33H42BrCl2F4N4O9P. The zero-order valence-corrected chi connectivity index (χ0v) is 34.3. The zero-order valence-electron chi connectivity index (χ0n) is 30.3. The number of halogens is 7. The molecule has 0 saturated carbocycles. The van der Waals surface area contributed by atoms with Crippen LogP contribution in [0.25, 0.3) is 11.3 Å². The lowest BCUT2D eigenvalue weighted by atomic mass is 10.0. The lowest BCUT2D eigenvalue weighted by Gasteiger charge is -2.31. The Morgan fingerprint density at radius 3 is 2.24 bits per heavy atom. The van der Waals surface area contributed by atoms with Gasteiger partial charge in [0.2, 0.25) is 5.91 Å². The van der Waals surface area contributed by atoms with Gasteiger partial charge in [-0.2, -0.15) is 18.3 Å². The van der Waals surface area contributed by atoms with Crippen molar-refractivity contribution >= 4 is 70.3 Å². The summed E-state index contributed by atoms with van der Waals surface area (Å²) in [4.78, 5) is 52.1. The summed E-state index contributed by atoms with van der Waals surface area (Å²) < 4.78 is 73.9. The molecule has 0 saturated heterocycles. The van der Waals surface area contributed by atoms with E-state index in [1.54, 1.807) is 25.9 Å². The fourth-order valence-corrected chi connectivity index (χ4v) is 6.31. The number of hydrogen-bond donors (Lipinski definition) is 4. The van der Waals surface area contributed by atoms with E-state index in [4.69, 9.17) is 47.6 Å². The monoisotopic (exact) mass is 894 g/mol. The second-order valence-electron chi connectivity index (χ2n) is 11.7. The summed E-state index contributed by atoms with van der Waals surface area (Å²) in [7, 11) is -1.38. The van der Waals surface area contributed by atoms with E-state index < -0.39 is 60.6 Å². The van der Waals surface area contributed by atoms with Gasteiger partial charge in [-0.15, -0.1) is 11.6 Å². The highest BCUT2D eigenvalue weighted by molar-refractivity contribution is 9.10. The highest BCUT2D eigenvalue weighted by Gasteiger charge is 2.39. The number of rotatable bonds is 13. The maximum Gasteiger partial charge on any atom is 0.434 e. The van der Waals surface area contributed by atoms with Gasteiger partial charge in [-0.05, 0) is 73.3 Å². The number of nitrogens with one attached hydrogen (secondary N) is 1. The Morgan fingerprint density at radius 1 is 1.17 bits per heavy atom. The normalized spacial score (nSPS) is 11.9. The number of nitrogens with zero attached hydrogens (tertiary/aromatic N) is 3. The number of benzene rings is 2. The Morgan fingerprint density at radius 2 is 1.78 bits per heavy atom. The number of methoxy groups -OCH3 is 1. The molecule has 3 rings (SSSR count). The van der Waals surface area contributed by atoms with Crippen LogP contribution in [0.3, 0.4) is 0 Å². The third-order valence-electron chi connectivity index (χ3n) is 6.90. The fourth-order valence-electron chi connectivity index (χ4n) is 4.77. The predicted octanol–water partition coefficient (Wildman–Crippen LogP) is 7.19. The van der Waals surface area contributed by atoms with E-state index >= 15 is 0 Å². The molecule has 0 aliphatic carbocycles. The molecule has 21 heteroatoms. The van der Waals surface area contributed by atoms with Gasteiger partial charge in [0.15, 0.2) is 5.69 Å². The molecule has 1 heterocycles. The van der Waals surface area contributed by atoms with Gasteiger partial charge in [-0.3, -0.25) is 24.2 Å². The number of carbonyl (C=O) groups is 3. The molecule has 0 aliphatic rings. The standard InChI is InChI=1S/C15H12BrClF4N2O2.C15H22ClNO2.C3H8NO5P/c1-6(2)25-14(24)7-4-8(10(18)5-9(7)17)12-11(16)13(15(19,20)21)23(3)22-12;1-5-13-8-6-7-11(2)15(13)17(14(18)9-16)12(3)10-19-4;5-3(6)1-4-2-10(7,8)9/h4-6H,1-3H3;6-8,12H,5,9-10H2,1-4H3;4H,1-2H2,(H,5,6)(H2,7,8,9). The molecular weight excluding hydrogens is 854 g/mol. The highest BCUT2D eigenvalue weighted by atomic mass is 79.9. The number of aliphatic carboxylic acids is 1. The molecule has 0 fully saturated rings. The van der Waals surface area contributed by atoms with Crippen LogP contribution in [0.2, 0.25) is 5.02 Å². The van der Waals surface area contributed by atoms with E-state index in [2.05, 4.69) is 39.3 Å². The Kier molecular flexibility index (Phi) is 19.8. The molecule has 1 amide bonds. The smallest absolute Gasteiger partial charge is 0.434 e. The van der Waals surface area contributed by atoms with Crippen molar-refractivity contribution in [3.05, 3.63) is 68.0 Å². The quantitative estimate of drug-likeness (QED) is 0.0591. The number of aromatic nitrogens is 2. The molecule has 3 aromatic rings. The fraction of sp³-hybridized carbons (Fsp3) is 0.455. The van der Waals surface area contributed by atoms with Gasteiger partial charge in [0, 0.05) is 19.7 Å². The van der Waals surface area contributed by atoms with Crippen LogP contribution in [0.1, 0.15) is 54.9 Å². The molecule has 0 spiro atoms. The average molecular weight is 896 g/mol. The van der Waals surface area contributed by atoms with Crippen molar-refractivity contribution in [1.29, 1.82) is 0 Å². The summed E-state index contributed by atoms with van der Waals surface area (Å²) in [5.74, 6) is -2.99. The second-order valence-corrected chi connectivity index (χ2v) is 14.8. The first kappa shape index (κ1) is 48.9. The number of carboxylic acids is 1. The number of para-hydroxylation sites is 1. The minimum absolute atomic E-state index is 0.0223. The van der Waals surface area contributed by atoms with Gasteiger partial charge < -0.3 is 29.3 Å². The number of anilines is 1. The van der Waals surface area contributed by atoms with Crippen molar-refractivity contribution in [2.24, 2.45) is 7.05 Å².